The lowest BCUT2D eigenvalue weighted by Gasteiger charge is -2.15. The Hall–Kier alpha value is -3.46. The molecule has 0 saturated heterocycles. The van der Waals surface area contributed by atoms with Gasteiger partial charge in [0.1, 0.15) is 18.2 Å². The van der Waals surface area contributed by atoms with Gasteiger partial charge < -0.3 is 14.8 Å². The van der Waals surface area contributed by atoms with E-state index in [1.54, 1.807) is 36.4 Å². The van der Waals surface area contributed by atoms with Crippen LogP contribution < -0.4 is 14.8 Å². The maximum atomic E-state index is 12.6. The van der Waals surface area contributed by atoms with Gasteiger partial charge in [-0.1, -0.05) is 59.1 Å². The third-order valence-electron chi connectivity index (χ3n) is 4.56. The topological polar surface area (TPSA) is 71.3 Å². The number of hydrogen-bond donors (Lipinski definition) is 1. The Morgan fingerprint density at radius 1 is 1.09 bits per heavy atom. The van der Waals surface area contributed by atoms with Crippen molar-refractivity contribution < 1.29 is 14.3 Å². The van der Waals surface area contributed by atoms with E-state index in [4.69, 9.17) is 32.7 Å². The SMILES string of the molecule is CCOc1cc(/C=C(\C#N)C(=O)Nc2cccc(Cl)c2)cc(Cl)c1OCc1cccc(C)c1. The number of rotatable bonds is 8. The number of nitrogens with one attached hydrogen (secondary N) is 1. The summed E-state index contributed by atoms with van der Waals surface area (Å²) in [5, 5.41) is 13.0. The highest BCUT2D eigenvalue weighted by atomic mass is 35.5. The van der Waals surface area contributed by atoms with Crippen LogP contribution in [0.1, 0.15) is 23.6 Å². The molecule has 1 amide bonds. The minimum Gasteiger partial charge on any atom is -0.490 e. The van der Waals surface area contributed by atoms with Gasteiger partial charge in [-0.25, -0.2) is 0 Å². The summed E-state index contributed by atoms with van der Waals surface area (Å²) in [6, 6.07) is 19.9. The normalized spacial score (nSPS) is 10.9. The zero-order valence-corrected chi connectivity index (χ0v) is 19.7. The number of halogens is 2. The van der Waals surface area contributed by atoms with Gasteiger partial charge in [-0.15, -0.1) is 0 Å². The molecule has 7 heteroatoms. The highest BCUT2D eigenvalue weighted by Crippen LogP contribution is 2.38. The van der Waals surface area contributed by atoms with Crippen molar-refractivity contribution in [2.24, 2.45) is 0 Å². The minimum absolute atomic E-state index is 0.0954. The molecule has 0 atom stereocenters. The van der Waals surface area contributed by atoms with E-state index in [1.807, 2.05) is 44.2 Å². The molecule has 0 saturated carbocycles. The first-order chi connectivity index (χ1) is 15.9. The Balaban J connectivity index is 1.85. The van der Waals surface area contributed by atoms with Crippen molar-refractivity contribution >= 4 is 40.9 Å². The lowest BCUT2D eigenvalue weighted by molar-refractivity contribution is -0.112. The Morgan fingerprint density at radius 2 is 1.88 bits per heavy atom. The molecule has 0 unspecified atom stereocenters. The number of benzene rings is 3. The average Bonchev–Trinajstić information content (AvgIpc) is 2.77. The number of amides is 1. The van der Waals surface area contributed by atoms with Crippen molar-refractivity contribution in [2.45, 2.75) is 20.5 Å². The van der Waals surface area contributed by atoms with E-state index < -0.39 is 5.91 Å². The summed E-state index contributed by atoms with van der Waals surface area (Å²) < 4.78 is 11.7. The first-order valence-electron chi connectivity index (χ1n) is 10.2. The number of carbonyl (C=O) groups excluding carboxylic acids is 1. The predicted molar refractivity (Wildman–Crippen MR) is 132 cm³/mol. The molecular weight excluding hydrogens is 459 g/mol. The fourth-order valence-corrected chi connectivity index (χ4v) is 3.58. The second-order valence-corrected chi connectivity index (χ2v) is 8.02. The second-order valence-electron chi connectivity index (χ2n) is 7.18. The second kappa shape index (κ2) is 11.4. The fraction of sp³-hybridized carbons (Fsp3) is 0.154. The minimum atomic E-state index is -0.561. The van der Waals surface area contributed by atoms with Crippen LogP contribution in [0.4, 0.5) is 5.69 Å². The van der Waals surface area contributed by atoms with Crippen LogP contribution in [-0.4, -0.2) is 12.5 Å². The first kappa shape index (κ1) is 24.2. The van der Waals surface area contributed by atoms with Crippen molar-refractivity contribution in [2.75, 3.05) is 11.9 Å². The van der Waals surface area contributed by atoms with Gasteiger partial charge in [-0.3, -0.25) is 4.79 Å². The monoisotopic (exact) mass is 480 g/mol. The smallest absolute Gasteiger partial charge is 0.266 e. The van der Waals surface area contributed by atoms with E-state index in [1.165, 1.54) is 6.08 Å². The lowest BCUT2D eigenvalue weighted by Crippen LogP contribution is -2.13. The number of anilines is 1. The summed E-state index contributed by atoms with van der Waals surface area (Å²) in [6.45, 7) is 4.57. The molecule has 0 heterocycles. The van der Waals surface area contributed by atoms with Crippen LogP contribution in [0.2, 0.25) is 10.0 Å². The summed E-state index contributed by atoms with van der Waals surface area (Å²) in [4.78, 5) is 12.6. The van der Waals surface area contributed by atoms with Crippen LogP contribution in [-0.2, 0) is 11.4 Å². The van der Waals surface area contributed by atoms with E-state index >= 15 is 0 Å². The molecule has 0 aliphatic heterocycles. The van der Waals surface area contributed by atoms with Gasteiger partial charge in [0.2, 0.25) is 0 Å². The molecular formula is C26H22Cl2N2O3. The van der Waals surface area contributed by atoms with Crippen LogP contribution in [0.3, 0.4) is 0 Å². The molecule has 5 nitrogen and oxygen atoms in total. The quantitative estimate of drug-likeness (QED) is 0.283. The van der Waals surface area contributed by atoms with Gasteiger partial charge in [0.15, 0.2) is 11.5 Å². The molecule has 0 aliphatic rings. The zero-order valence-electron chi connectivity index (χ0n) is 18.2. The summed E-state index contributed by atoms with van der Waals surface area (Å²) in [5.41, 5.74) is 3.06. The highest BCUT2D eigenvalue weighted by Gasteiger charge is 2.15. The zero-order chi connectivity index (χ0) is 23.8. The van der Waals surface area contributed by atoms with Crippen LogP contribution in [0.15, 0.2) is 66.2 Å². The number of ether oxygens (including phenoxy) is 2. The van der Waals surface area contributed by atoms with Gasteiger partial charge in [-0.2, -0.15) is 5.26 Å². The van der Waals surface area contributed by atoms with Crippen molar-refractivity contribution in [1.82, 2.24) is 0 Å². The van der Waals surface area contributed by atoms with E-state index in [-0.39, 0.29) is 5.57 Å². The molecule has 0 aliphatic carbocycles. The Labute approximate surface area is 203 Å². The standard InChI is InChI=1S/C26H22Cl2N2O3/c1-3-32-24-13-19(11-20(15-29)26(31)30-22-9-5-8-21(27)14-22)12-23(28)25(24)33-16-18-7-4-6-17(2)10-18/h4-14H,3,16H2,1-2H3,(H,30,31)/b20-11+. The van der Waals surface area contributed by atoms with E-state index in [0.717, 1.165) is 11.1 Å². The number of nitriles is 1. The molecule has 33 heavy (non-hydrogen) atoms. The summed E-state index contributed by atoms with van der Waals surface area (Å²) >= 11 is 12.4. The van der Waals surface area contributed by atoms with E-state index in [0.29, 0.717) is 46.0 Å². The molecule has 3 rings (SSSR count). The van der Waals surface area contributed by atoms with Crippen molar-refractivity contribution in [3.05, 3.63) is 93.0 Å². The van der Waals surface area contributed by atoms with Crippen LogP contribution in [0, 0.1) is 18.3 Å². The fourth-order valence-electron chi connectivity index (χ4n) is 3.11. The van der Waals surface area contributed by atoms with Crippen LogP contribution in [0.5, 0.6) is 11.5 Å². The number of hydrogen-bond acceptors (Lipinski definition) is 4. The third-order valence-corrected chi connectivity index (χ3v) is 5.07. The van der Waals surface area contributed by atoms with Gasteiger partial charge in [0.25, 0.3) is 5.91 Å². The maximum Gasteiger partial charge on any atom is 0.266 e. The molecule has 0 spiro atoms. The largest absolute Gasteiger partial charge is 0.490 e. The molecule has 3 aromatic rings. The van der Waals surface area contributed by atoms with E-state index in [9.17, 15) is 10.1 Å². The van der Waals surface area contributed by atoms with Gasteiger partial charge in [-0.05, 0) is 61.4 Å². The summed E-state index contributed by atoms with van der Waals surface area (Å²) in [6.07, 6.45) is 1.44. The van der Waals surface area contributed by atoms with Gasteiger partial charge in [0, 0.05) is 10.7 Å². The predicted octanol–water partition coefficient (Wildman–Crippen LogP) is 6.83. The molecule has 0 radical (unpaired) electrons. The number of aryl methyl sites for hydroxylation is 1. The molecule has 0 fully saturated rings. The summed E-state index contributed by atoms with van der Waals surface area (Å²) in [5.74, 6) is 0.268. The average molecular weight is 481 g/mol. The first-order valence-corrected chi connectivity index (χ1v) is 11.0. The van der Waals surface area contributed by atoms with Gasteiger partial charge >= 0.3 is 0 Å². The van der Waals surface area contributed by atoms with Crippen molar-refractivity contribution in [3.8, 4) is 17.6 Å². The summed E-state index contributed by atoms with van der Waals surface area (Å²) in [7, 11) is 0. The van der Waals surface area contributed by atoms with Crippen LogP contribution >= 0.6 is 23.2 Å². The Morgan fingerprint density at radius 3 is 2.58 bits per heavy atom. The van der Waals surface area contributed by atoms with E-state index in [2.05, 4.69) is 5.32 Å². The molecule has 3 aromatic carbocycles. The molecule has 0 aromatic heterocycles. The Bertz CT molecular complexity index is 1230. The van der Waals surface area contributed by atoms with Gasteiger partial charge in [0.05, 0.1) is 11.6 Å². The highest BCUT2D eigenvalue weighted by molar-refractivity contribution is 6.32. The molecule has 1 N–H and O–H groups in total. The number of carbonyl (C=O) groups is 1. The molecule has 0 bridgehead atoms. The lowest BCUT2D eigenvalue weighted by atomic mass is 10.1. The molecule has 168 valence electrons. The number of nitrogens with zero attached hydrogens (tertiary/aromatic N) is 1. The van der Waals surface area contributed by atoms with Crippen LogP contribution in [0.25, 0.3) is 6.08 Å². The maximum absolute atomic E-state index is 12.6. The van der Waals surface area contributed by atoms with Crippen molar-refractivity contribution in [1.29, 1.82) is 5.26 Å². The van der Waals surface area contributed by atoms with Crippen molar-refractivity contribution in [3.63, 3.8) is 0 Å². The third kappa shape index (κ3) is 6.76. The Kier molecular flexibility index (Phi) is 8.37.